The second kappa shape index (κ2) is 7.11. The van der Waals surface area contributed by atoms with Gasteiger partial charge in [0.25, 0.3) is 5.89 Å². The van der Waals surface area contributed by atoms with Gasteiger partial charge in [-0.15, -0.1) is 0 Å². The SMILES string of the molecule is O=C1CC(c2noc(-c3cc(-c4ccco4)n[nH]3)n2)CN1c1cccc(C(F)(F)F)c1. The van der Waals surface area contributed by atoms with Crippen molar-refractivity contribution in [2.45, 2.75) is 18.5 Å². The minimum atomic E-state index is -4.49. The van der Waals surface area contributed by atoms with Gasteiger partial charge in [0.05, 0.1) is 11.8 Å². The Morgan fingerprint density at radius 3 is 2.81 bits per heavy atom. The van der Waals surface area contributed by atoms with Crippen LogP contribution >= 0.6 is 0 Å². The number of benzene rings is 1. The van der Waals surface area contributed by atoms with E-state index >= 15 is 0 Å². The van der Waals surface area contributed by atoms with E-state index in [1.54, 1.807) is 18.2 Å². The number of nitrogens with zero attached hydrogens (tertiary/aromatic N) is 4. The molecular formula is C20H14F3N5O3. The molecule has 1 N–H and O–H groups in total. The molecule has 5 rings (SSSR count). The molecule has 8 nitrogen and oxygen atoms in total. The van der Waals surface area contributed by atoms with E-state index in [0.29, 0.717) is 23.0 Å². The fraction of sp³-hybridized carbons (Fsp3) is 0.200. The minimum Gasteiger partial charge on any atom is -0.463 e. The maximum absolute atomic E-state index is 13.0. The molecule has 3 aromatic heterocycles. The van der Waals surface area contributed by atoms with Gasteiger partial charge in [0.2, 0.25) is 5.91 Å². The van der Waals surface area contributed by atoms with Crippen LogP contribution in [0.5, 0.6) is 0 Å². The fourth-order valence-corrected chi connectivity index (χ4v) is 3.47. The Hall–Kier alpha value is -3.89. The average Bonchev–Trinajstić information content (AvgIpc) is 3.52. The number of anilines is 1. The molecule has 11 heteroatoms. The first kappa shape index (κ1) is 19.1. The first-order valence-electron chi connectivity index (χ1n) is 9.29. The molecule has 0 radical (unpaired) electrons. The third-order valence-electron chi connectivity index (χ3n) is 5.00. The number of halogens is 3. The van der Waals surface area contributed by atoms with Crippen LogP contribution in [0.4, 0.5) is 18.9 Å². The lowest BCUT2D eigenvalue weighted by molar-refractivity contribution is -0.137. The number of furan rings is 1. The molecule has 1 aliphatic rings. The molecule has 4 aromatic rings. The first-order chi connectivity index (χ1) is 14.9. The topological polar surface area (TPSA) is 101 Å². The molecule has 1 aliphatic heterocycles. The zero-order chi connectivity index (χ0) is 21.6. The van der Waals surface area contributed by atoms with Gasteiger partial charge in [-0.2, -0.15) is 23.3 Å². The molecule has 0 bridgehead atoms. The summed E-state index contributed by atoms with van der Waals surface area (Å²) >= 11 is 0. The monoisotopic (exact) mass is 429 g/mol. The second-order valence-electron chi connectivity index (χ2n) is 7.06. The van der Waals surface area contributed by atoms with Gasteiger partial charge in [0, 0.05) is 30.6 Å². The molecule has 0 spiro atoms. The van der Waals surface area contributed by atoms with Crippen LogP contribution in [0.1, 0.15) is 23.7 Å². The predicted octanol–water partition coefficient (Wildman–Crippen LogP) is 4.26. The zero-order valence-electron chi connectivity index (χ0n) is 15.8. The lowest BCUT2D eigenvalue weighted by Gasteiger charge is -2.18. The summed E-state index contributed by atoms with van der Waals surface area (Å²) in [4.78, 5) is 18.1. The van der Waals surface area contributed by atoms with Crippen molar-refractivity contribution in [3.63, 3.8) is 0 Å². The summed E-state index contributed by atoms with van der Waals surface area (Å²) in [5, 5.41) is 10.9. The highest BCUT2D eigenvalue weighted by molar-refractivity contribution is 5.96. The van der Waals surface area contributed by atoms with Gasteiger partial charge < -0.3 is 13.8 Å². The molecular weight excluding hydrogens is 415 g/mol. The van der Waals surface area contributed by atoms with E-state index in [1.807, 2.05) is 0 Å². The van der Waals surface area contributed by atoms with Crippen LogP contribution in [-0.4, -0.2) is 32.8 Å². The van der Waals surface area contributed by atoms with E-state index in [9.17, 15) is 18.0 Å². The Bertz CT molecular complexity index is 1230. The van der Waals surface area contributed by atoms with Gasteiger partial charge in [-0.05, 0) is 30.3 Å². The molecule has 1 aromatic carbocycles. The summed E-state index contributed by atoms with van der Waals surface area (Å²) in [6.45, 7) is 0.153. The highest BCUT2D eigenvalue weighted by Crippen LogP contribution is 2.35. The maximum Gasteiger partial charge on any atom is 0.416 e. The number of aromatic amines is 1. The number of rotatable bonds is 4. The lowest BCUT2D eigenvalue weighted by Crippen LogP contribution is -2.24. The van der Waals surface area contributed by atoms with Gasteiger partial charge in [-0.3, -0.25) is 9.89 Å². The quantitative estimate of drug-likeness (QED) is 0.520. The Morgan fingerprint density at radius 1 is 1.16 bits per heavy atom. The van der Waals surface area contributed by atoms with Gasteiger partial charge in [0.1, 0.15) is 11.4 Å². The first-order valence-corrected chi connectivity index (χ1v) is 9.29. The number of carbonyl (C=O) groups excluding carboxylic acids is 1. The smallest absolute Gasteiger partial charge is 0.416 e. The summed E-state index contributed by atoms with van der Waals surface area (Å²) in [6.07, 6.45) is -2.89. The van der Waals surface area contributed by atoms with Crippen LogP contribution in [0.3, 0.4) is 0 Å². The minimum absolute atomic E-state index is 0.0653. The number of H-pyrrole nitrogens is 1. The van der Waals surface area contributed by atoms with Gasteiger partial charge in [-0.25, -0.2) is 0 Å². The van der Waals surface area contributed by atoms with E-state index in [1.165, 1.54) is 23.3 Å². The van der Waals surface area contributed by atoms with Crippen molar-refractivity contribution in [3.05, 3.63) is 60.1 Å². The number of amides is 1. The van der Waals surface area contributed by atoms with Crippen molar-refractivity contribution in [3.8, 4) is 23.0 Å². The normalized spacial score (nSPS) is 16.9. The Kier molecular flexibility index (Phi) is 4.38. The van der Waals surface area contributed by atoms with Crippen LogP contribution in [0, 0.1) is 0 Å². The van der Waals surface area contributed by atoms with Gasteiger partial charge in [-0.1, -0.05) is 11.2 Å². The summed E-state index contributed by atoms with van der Waals surface area (Å²) in [7, 11) is 0. The molecule has 1 amide bonds. The summed E-state index contributed by atoms with van der Waals surface area (Å²) in [5.74, 6) is 0.335. The van der Waals surface area contributed by atoms with Gasteiger partial charge >= 0.3 is 6.18 Å². The molecule has 1 saturated heterocycles. The number of hydrogen-bond donors (Lipinski definition) is 1. The van der Waals surface area contributed by atoms with E-state index in [-0.39, 0.29) is 30.5 Å². The van der Waals surface area contributed by atoms with Crippen molar-refractivity contribution in [1.82, 2.24) is 20.3 Å². The molecule has 1 atom stereocenters. The van der Waals surface area contributed by atoms with E-state index in [2.05, 4.69) is 20.3 Å². The maximum atomic E-state index is 13.0. The van der Waals surface area contributed by atoms with Crippen LogP contribution in [0.25, 0.3) is 23.0 Å². The zero-order valence-corrected chi connectivity index (χ0v) is 15.8. The van der Waals surface area contributed by atoms with Gasteiger partial charge in [0.15, 0.2) is 11.6 Å². The predicted molar refractivity (Wildman–Crippen MR) is 101 cm³/mol. The van der Waals surface area contributed by atoms with E-state index < -0.39 is 17.7 Å². The van der Waals surface area contributed by atoms with Crippen LogP contribution in [0.15, 0.2) is 57.7 Å². The molecule has 31 heavy (non-hydrogen) atoms. The number of carbonyl (C=O) groups is 1. The largest absolute Gasteiger partial charge is 0.463 e. The third-order valence-corrected chi connectivity index (χ3v) is 5.00. The van der Waals surface area contributed by atoms with E-state index in [4.69, 9.17) is 8.94 Å². The molecule has 1 unspecified atom stereocenters. The molecule has 0 aliphatic carbocycles. The molecule has 0 saturated carbocycles. The summed E-state index contributed by atoms with van der Waals surface area (Å²) in [6, 6.07) is 9.85. The number of alkyl halides is 3. The standard InChI is InChI=1S/C20H14F3N5O3/c21-20(22,23)12-3-1-4-13(8-12)28-10-11(7-17(28)29)18-24-19(31-27-18)15-9-14(25-26-15)16-5-2-6-30-16/h1-6,8-9,11H,7,10H2,(H,25,26). The number of nitrogens with one attached hydrogen (secondary N) is 1. The van der Waals surface area contributed by atoms with E-state index in [0.717, 1.165) is 12.1 Å². The number of aromatic nitrogens is 4. The molecule has 1 fully saturated rings. The van der Waals surface area contributed by atoms with Crippen molar-refractivity contribution < 1.29 is 26.9 Å². The fourth-order valence-electron chi connectivity index (χ4n) is 3.47. The average molecular weight is 429 g/mol. The van der Waals surface area contributed by atoms with Crippen LogP contribution in [-0.2, 0) is 11.0 Å². The molecule has 4 heterocycles. The summed E-state index contributed by atoms with van der Waals surface area (Å²) < 4.78 is 49.6. The second-order valence-corrected chi connectivity index (χ2v) is 7.06. The highest BCUT2D eigenvalue weighted by Gasteiger charge is 2.36. The van der Waals surface area contributed by atoms with Crippen molar-refractivity contribution in [1.29, 1.82) is 0 Å². The number of hydrogen-bond acceptors (Lipinski definition) is 6. The van der Waals surface area contributed by atoms with Crippen molar-refractivity contribution >= 4 is 11.6 Å². The lowest BCUT2D eigenvalue weighted by atomic mass is 10.1. The van der Waals surface area contributed by atoms with Crippen molar-refractivity contribution in [2.24, 2.45) is 0 Å². The summed E-state index contributed by atoms with van der Waals surface area (Å²) in [5.41, 5.74) is 0.410. The molecule has 158 valence electrons. The Labute approximate surface area is 172 Å². The highest BCUT2D eigenvalue weighted by atomic mass is 19.4. The van der Waals surface area contributed by atoms with Crippen molar-refractivity contribution in [2.75, 3.05) is 11.4 Å². The third kappa shape index (κ3) is 3.58. The Morgan fingerprint density at radius 2 is 2.03 bits per heavy atom. The Balaban J connectivity index is 1.35. The van der Waals surface area contributed by atoms with Crippen LogP contribution < -0.4 is 4.90 Å². The van der Waals surface area contributed by atoms with Crippen LogP contribution in [0.2, 0.25) is 0 Å².